The van der Waals surface area contributed by atoms with Crippen LogP contribution in [0.15, 0.2) is 82.8 Å². The Hall–Kier alpha value is -3.66. The largest absolute Gasteiger partial charge is 0.417 e. The summed E-state index contributed by atoms with van der Waals surface area (Å²) in [6.07, 6.45) is -3.72. The molecule has 0 radical (unpaired) electrons. The number of hydrogen-bond acceptors (Lipinski definition) is 4. The van der Waals surface area contributed by atoms with Crippen LogP contribution in [-0.4, -0.2) is 27.1 Å². The van der Waals surface area contributed by atoms with E-state index in [0.717, 1.165) is 27.7 Å². The molecule has 0 bridgehead atoms. The zero-order chi connectivity index (χ0) is 26.5. The molecule has 3 aromatic carbocycles. The molecule has 3 aromatic rings. The molecular formula is C26H26F3N3O3S. The maximum atomic E-state index is 13.4. The van der Waals surface area contributed by atoms with Gasteiger partial charge in [0.05, 0.1) is 22.4 Å². The summed E-state index contributed by atoms with van der Waals surface area (Å²) in [7, 11) is -4.13. The molecule has 3 rings (SSSR count). The summed E-state index contributed by atoms with van der Waals surface area (Å²) in [5, 5.41) is 3.62. The van der Waals surface area contributed by atoms with Crippen LogP contribution in [0.5, 0.6) is 0 Å². The lowest BCUT2D eigenvalue weighted by Crippen LogP contribution is -2.39. The summed E-state index contributed by atoms with van der Waals surface area (Å²) in [6.45, 7) is 5.19. The molecule has 0 heterocycles. The first-order valence-corrected chi connectivity index (χ1v) is 12.5. The minimum atomic E-state index is -4.59. The number of nitrogens with zero attached hydrogens (tertiary/aromatic N) is 2. The van der Waals surface area contributed by atoms with Gasteiger partial charge in [0.15, 0.2) is 0 Å². The van der Waals surface area contributed by atoms with Gasteiger partial charge in [-0.05, 0) is 48.7 Å². The van der Waals surface area contributed by atoms with Gasteiger partial charge in [-0.1, -0.05) is 61.9 Å². The van der Waals surface area contributed by atoms with E-state index in [1.165, 1.54) is 30.3 Å². The first-order chi connectivity index (χ1) is 16.9. The molecule has 1 N–H and O–H groups in total. The van der Waals surface area contributed by atoms with E-state index in [4.69, 9.17) is 0 Å². The Morgan fingerprint density at radius 3 is 2.19 bits per heavy atom. The van der Waals surface area contributed by atoms with E-state index in [9.17, 15) is 26.4 Å². The van der Waals surface area contributed by atoms with Crippen molar-refractivity contribution in [2.45, 2.75) is 37.8 Å². The zero-order valence-corrected chi connectivity index (χ0v) is 20.8. The van der Waals surface area contributed by atoms with Crippen molar-refractivity contribution >= 4 is 27.8 Å². The summed E-state index contributed by atoms with van der Waals surface area (Å²) in [4.78, 5) is 12.6. The van der Waals surface area contributed by atoms with Gasteiger partial charge in [0.25, 0.3) is 15.9 Å². The molecule has 0 aliphatic carbocycles. The topological polar surface area (TPSA) is 78.8 Å². The first kappa shape index (κ1) is 26.9. The molecule has 0 fully saturated rings. The van der Waals surface area contributed by atoms with E-state index < -0.39 is 34.2 Å². The second-order valence-corrected chi connectivity index (χ2v) is 10.3. The summed E-state index contributed by atoms with van der Waals surface area (Å²) >= 11 is 0. The van der Waals surface area contributed by atoms with Gasteiger partial charge >= 0.3 is 6.18 Å². The second-order valence-electron chi connectivity index (χ2n) is 8.45. The molecule has 36 heavy (non-hydrogen) atoms. The van der Waals surface area contributed by atoms with Crippen LogP contribution in [0.25, 0.3) is 0 Å². The van der Waals surface area contributed by atoms with Crippen molar-refractivity contribution in [1.29, 1.82) is 0 Å². The van der Waals surface area contributed by atoms with Crippen molar-refractivity contribution in [2.24, 2.45) is 5.10 Å². The molecular weight excluding hydrogens is 491 g/mol. The smallest absolute Gasteiger partial charge is 0.271 e. The summed E-state index contributed by atoms with van der Waals surface area (Å²) in [5.74, 6) is -0.599. The standard InChI is InChI=1S/C26H26F3N3O3S/c1-18(2)20-10-12-22(13-11-20)32(36(34,35)23-14-8-19(3)9-15-23)17-25(33)31-30-16-21-6-4-5-7-24(21)26(27,28)29/h4-16,18H,17H2,1-3H3,(H,31,33)/b30-16-. The lowest BCUT2D eigenvalue weighted by molar-refractivity contribution is -0.137. The Morgan fingerprint density at radius 1 is 1.00 bits per heavy atom. The fourth-order valence-electron chi connectivity index (χ4n) is 3.39. The highest BCUT2D eigenvalue weighted by Crippen LogP contribution is 2.31. The monoisotopic (exact) mass is 517 g/mol. The van der Waals surface area contributed by atoms with Gasteiger partial charge in [-0.15, -0.1) is 0 Å². The van der Waals surface area contributed by atoms with Crippen molar-refractivity contribution in [3.8, 4) is 0 Å². The minimum Gasteiger partial charge on any atom is -0.271 e. The minimum absolute atomic E-state index is 0.00329. The maximum Gasteiger partial charge on any atom is 0.417 e. The maximum absolute atomic E-state index is 13.4. The van der Waals surface area contributed by atoms with Crippen molar-refractivity contribution < 1.29 is 26.4 Å². The van der Waals surface area contributed by atoms with Crippen LogP contribution in [0.1, 0.15) is 42.0 Å². The number of hydrogen-bond donors (Lipinski definition) is 1. The number of amides is 1. The molecule has 10 heteroatoms. The lowest BCUT2D eigenvalue weighted by Gasteiger charge is -2.24. The Labute approximate surface area is 208 Å². The summed E-state index contributed by atoms with van der Waals surface area (Å²) in [5.41, 5.74) is 3.11. The van der Waals surface area contributed by atoms with Crippen LogP contribution in [-0.2, 0) is 21.0 Å². The molecule has 0 unspecified atom stereocenters. The van der Waals surface area contributed by atoms with Crippen LogP contribution < -0.4 is 9.73 Å². The molecule has 1 amide bonds. The van der Waals surface area contributed by atoms with Gasteiger partial charge < -0.3 is 0 Å². The number of alkyl halides is 3. The third-order valence-electron chi connectivity index (χ3n) is 5.40. The molecule has 0 spiro atoms. The van der Waals surface area contributed by atoms with Crippen molar-refractivity contribution in [3.05, 3.63) is 95.1 Å². The van der Waals surface area contributed by atoms with Crippen LogP contribution in [0.2, 0.25) is 0 Å². The number of rotatable bonds is 8. The Balaban J connectivity index is 1.87. The molecule has 6 nitrogen and oxygen atoms in total. The van der Waals surface area contributed by atoms with E-state index in [1.807, 2.05) is 20.8 Å². The van der Waals surface area contributed by atoms with Gasteiger partial charge in [0, 0.05) is 5.56 Å². The molecule has 0 saturated carbocycles. The van der Waals surface area contributed by atoms with Gasteiger partial charge in [-0.3, -0.25) is 9.10 Å². The number of hydrazone groups is 1. The van der Waals surface area contributed by atoms with E-state index in [2.05, 4.69) is 10.5 Å². The summed E-state index contributed by atoms with van der Waals surface area (Å²) < 4.78 is 67.3. The van der Waals surface area contributed by atoms with Crippen molar-refractivity contribution in [2.75, 3.05) is 10.8 Å². The normalized spacial score (nSPS) is 12.2. The van der Waals surface area contributed by atoms with E-state index in [0.29, 0.717) is 0 Å². The Bertz CT molecular complexity index is 1340. The molecule has 0 aromatic heterocycles. The van der Waals surface area contributed by atoms with Crippen LogP contribution >= 0.6 is 0 Å². The number of carbonyl (C=O) groups is 1. The van der Waals surface area contributed by atoms with Crippen LogP contribution in [0.3, 0.4) is 0 Å². The SMILES string of the molecule is Cc1ccc(S(=O)(=O)N(CC(=O)N/N=C\c2ccccc2C(F)(F)F)c2ccc(C(C)C)cc2)cc1. The Morgan fingerprint density at radius 2 is 1.61 bits per heavy atom. The molecule has 0 atom stereocenters. The fourth-order valence-corrected chi connectivity index (χ4v) is 4.81. The number of benzene rings is 3. The Kier molecular flexibility index (Phi) is 8.19. The fraction of sp³-hybridized carbons (Fsp3) is 0.231. The molecule has 0 aliphatic heterocycles. The predicted octanol–water partition coefficient (Wildman–Crippen LogP) is 5.48. The van der Waals surface area contributed by atoms with Gasteiger partial charge in [-0.2, -0.15) is 18.3 Å². The van der Waals surface area contributed by atoms with Gasteiger partial charge in [0.1, 0.15) is 6.54 Å². The first-order valence-electron chi connectivity index (χ1n) is 11.1. The van der Waals surface area contributed by atoms with Crippen LogP contribution in [0, 0.1) is 6.92 Å². The summed E-state index contributed by atoms with van der Waals surface area (Å²) in [6, 6.07) is 17.7. The third kappa shape index (κ3) is 6.51. The van der Waals surface area contributed by atoms with E-state index in [-0.39, 0.29) is 22.1 Å². The number of halogens is 3. The van der Waals surface area contributed by atoms with E-state index >= 15 is 0 Å². The average Bonchev–Trinajstić information content (AvgIpc) is 2.82. The zero-order valence-electron chi connectivity index (χ0n) is 20.0. The molecule has 0 saturated heterocycles. The van der Waals surface area contributed by atoms with E-state index in [1.54, 1.807) is 36.4 Å². The van der Waals surface area contributed by atoms with Gasteiger partial charge in [0.2, 0.25) is 0 Å². The number of nitrogens with one attached hydrogen (secondary N) is 1. The van der Waals surface area contributed by atoms with Crippen molar-refractivity contribution in [3.63, 3.8) is 0 Å². The number of aryl methyl sites for hydroxylation is 1. The number of carbonyl (C=O) groups excluding carboxylic acids is 1. The number of sulfonamides is 1. The van der Waals surface area contributed by atoms with Gasteiger partial charge in [-0.25, -0.2) is 13.8 Å². The van der Waals surface area contributed by atoms with Crippen LogP contribution in [0.4, 0.5) is 18.9 Å². The highest BCUT2D eigenvalue weighted by atomic mass is 32.2. The van der Waals surface area contributed by atoms with Crippen molar-refractivity contribution in [1.82, 2.24) is 5.43 Å². The molecule has 0 aliphatic rings. The highest BCUT2D eigenvalue weighted by molar-refractivity contribution is 7.92. The predicted molar refractivity (Wildman–Crippen MR) is 133 cm³/mol. The quantitative estimate of drug-likeness (QED) is 0.317. The number of anilines is 1. The average molecular weight is 518 g/mol. The third-order valence-corrected chi connectivity index (χ3v) is 7.19. The molecule has 190 valence electrons. The highest BCUT2D eigenvalue weighted by Gasteiger charge is 2.32. The second kappa shape index (κ2) is 10.9. The lowest BCUT2D eigenvalue weighted by atomic mass is 10.0.